The molecule has 1 aliphatic heterocycles. The Kier molecular flexibility index (Phi) is 4.13. The molecule has 1 heterocycles. The van der Waals surface area contributed by atoms with Crippen molar-refractivity contribution < 1.29 is 9.72 Å². The number of alkyl halides is 1. The van der Waals surface area contributed by atoms with Crippen LogP contribution in [0.5, 0.6) is 0 Å². The van der Waals surface area contributed by atoms with E-state index in [0.717, 1.165) is 17.3 Å². The first-order chi connectivity index (χ1) is 9.34. The van der Waals surface area contributed by atoms with Crippen LogP contribution in [0.4, 0.5) is 5.69 Å². The van der Waals surface area contributed by atoms with Gasteiger partial charge in [0.25, 0.3) is 11.6 Å². The fourth-order valence-corrected chi connectivity index (χ4v) is 2.51. The van der Waals surface area contributed by atoms with Crippen LogP contribution in [0, 0.1) is 15.5 Å². The highest BCUT2D eigenvalue weighted by molar-refractivity contribution is 9.09. The molecule has 0 fully saturated rings. The molecule has 1 amide bonds. The van der Waals surface area contributed by atoms with E-state index >= 15 is 0 Å². The average molecular weight is 341 g/mol. The SMILES string of the molecule is CC(C)(CBr)CN1CCc2ccc([N+](=O)[O-])cc2C1=O. The maximum Gasteiger partial charge on any atom is 0.270 e. The molecule has 0 saturated carbocycles. The second-order valence-corrected chi connectivity index (χ2v) is 6.43. The lowest BCUT2D eigenvalue weighted by molar-refractivity contribution is -0.384. The van der Waals surface area contributed by atoms with E-state index in [0.29, 0.717) is 18.7 Å². The third-order valence-electron chi connectivity index (χ3n) is 3.45. The predicted molar refractivity (Wildman–Crippen MR) is 80.3 cm³/mol. The Labute approximate surface area is 126 Å². The molecule has 0 unspecified atom stereocenters. The molecule has 0 spiro atoms. The topological polar surface area (TPSA) is 63.4 Å². The lowest BCUT2D eigenvalue weighted by Gasteiger charge is -2.34. The number of halogens is 1. The van der Waals surface area contributed by atoms with Crippen molar-refractivity contribution in [3.63, 3.8) is 0 Å². The van der Waals surface area contributed by atoms with Crippen LogP contribution in [0.1, 0.15) is 29.8 Å². The first-order valence-corrected chi connectivity index (χ1v) is 7.59. The summed E-state index contributed by atoms with van der Waals surface area (Å²) in [6.07, 6.45) is 0.747. The number of carbonyl (C=O) groups excluding carboxylic acids is 1. The highest BCUT2D eigenvalue weighted by Gasteiger charge is 2.30. The van der Waals surface area contributed by atoms with Crippen molar-refractivity contribution in [2.75, 3.05) is 18.4 Å². The molecular formula is C14H17BrN2O3. The minimum absolute atomic E-state index is 0.0200. The first-order valence-electron chi connectivity index (χ1n) is 6.46. The van der Waals surface area contributed by atoms with Crippen LogP contribution in [0.2, 0.25) is 0 Å². The maximum atomic E-state index is 12.5. The molecule has 1 aliphatic rings. The summed E-state index contributed by atoms with van der Waals surface area (Å²) >= 11 is 3.45. The molecule has 0 N–H and O–H groups in total. The van der Waals surface area contributed by atoms with E-state index in [9.17, 15) is 14.9 Å². The van der Waals surface area contributed by atoms with Crippen molar-refractivity contribution in [1.82, 2.24) is 4.90 Å². The van der Waals surface area contributed by atoms with Crippen LogP contribution in [0.25, 0.3) is 0 Å². The molecule has 20 heavy (non-hydrogen) atoms. The summed E-state index contributed by atoms with van der Waals surface area (Å²) in [5.74, 6) is -0.107. The van der Waals surface area contributed by atoms with Crippen molar-refractivity contribution in [3.05, 3.63) is 39.4 Å². The number of hydrogen-bond donors (Lipinski definition) is 0. The molecular weight excluding hydrogens is 324 g/mol. The van der Waals surface area contributed by atoms with Gasteiger partial charge in [0.15, 0.2) is 0 Å². The van der Waals surface area contributed by atoms with Crippen LogP contribution < -0.4 is 0 Å². The number of nitrogens with zero attached hydrogens (tertiary/aromatic N) is 2. The molecule has 0 aromatic heterocycles. The Hall–Kier alpha value is -1.43. The lowest BCUT2D eigenvalue weighted by atomic mass is 9.92. The highest BCUT2D eigenvalue weighted by atomic mass is 79.9. The zero-order valence-electron chi connectivity index (χ0n) is 11.6. The Morgan fingerprint density at radius 3 is 2.75 bits per heavy atom. The number of rotatable bonds is 4. The Morgan fingerprint density at radius 2 is 2.15 bits per heavy atom. The van der Waals surface area contributed by atoms with Crippen molar-refractivity contribution in [2.45, 2.75) is 20.3 Å². The number of hydrogen-bond acceptors (Lipinski definition) is 3. The predicted octanol–water partition coefficient (Wildman–Crippen LogP) is 3.01. The minimum Gasteiger partial charge on any atom is -0.338 e. The summed E-state index contributed by atoms with van der Waals surface area (Å²) < 4.78 is 0. The Balaban J connectivity index is 2.28. The molecule has 0 bridgehead atoms. The van der Waals surface area contributed by atoms with Gasteiger partial charge in [-0.05, 0) is 17.4 Å². The maximum absolute atomic E-state index is 12.5. The van der Waals surface area contributed by atoms with Gasteiger partial charge in [-0.15, -0.1) is 0 Å². The molecule has 6 heteroatoms. The van der Waals surface area contributed by atoms with E-state index in [-0.39, 0.29) is 17.0 Å². The summed E-state index contributed by atoms with van der Waals surface area (Å²) in [7, 11) is 0. The average Bonchev–Trinajstić information content (AvgIpc) is 2.41. The second-order valence-electron chi connectivity index (χ2n) is 5.87. The van der Waals surface area contributed by atoms with Crippen molar-refractivity contribution in [2.24, 2.45) is 5.41 Å². The van der Waals surface area contributed by atoms with Gasteiger partial charge in [0.2, 0.25) is 0 Å². The van der Waals surface area contributed by atoms with Gasteiger partial charge in [-0.25, -0.2) is 0 Å². The van der Waals surface area contributed by atoms with Crippen molar-refractivity contribution >= 4 is 27.5 Å². The number of carbonyl (C=O) groups is 1. The molecule has 0 aliphatic carbocycles. The van der Waals surface area contributed by atoms with Crippen molar-refractivity contribution in [1.29, 1.82) is 0 Å². The summed E-state index contributed by atoms with van der Waals surface area (Å²) in [6.45, 7) is 5.47. The van der Waals surface area contributed by atoms with Crippen molar-refractivity contribution in [3.8, 4) is 0 Å². The standard InChI is InChI=1S/C14H17BrN2O3/c1-14(2,8-15)9-16-6-5-10-3-4-11(17(19)20)7-12(10)13(16)18/h3-4,7H,5-6,8-9H2,1-2H3. The molecule has 5 nitrogen and oxygen atoms in total. The van der Waals surface area contributed by atoms with Crippen LogP contribution in [0.15, 0.2) is 18.2 Å². The first kappa shape index (κ1) is 15.0. The van der Waals surface area contributed by atoms with Gasteiger partial charge in [0.05, 0.1) is 4.92 Å². The number of fused-ring (bicyclic) bond motifs is 1. The van der Waals surface area contributed by atoms with E-state index in [2.05, 4.69) is 29.8 Å². The quantitative estimate of drug-likeness (QED) is 0.480. The monoisotopic (exact) mass is 340 g/mol. The molecule has 108 valence electrons. The lowest BCUT2D eigenvalue weighted by Crippen LogP contribution is -2.43. The Morgan fingerprint density at radius 1 is 1.45 bits per heavy atom. The number of amides is 1. The number of nitro groups is 1. The smallest absolute Gasteiger partial charge is 0.270 e. The molecule has 2 rings (SSSR count). The van der Waals surface area contributed by atoms with Gasteiger partial charge < -0.3 is 4.90 Å². The normalized spacial score (nSPS) is 15.2. The molecule has 0 radical (unpaired) electrons. The van der Waals surface area contributed by atoms with Gasteiger partial charge in [-0.2, -0.15) is 0 Å². The van der Waals surface area contributed by atoms with Gasteiger partial charge in [0, 0.05) is 36.1 Å². The van der Waals surface area contributed by atoms with Gasteiger partial charge >= 0.3 is 0 Å². The van der Waals surface area contributed by atoms with Gasteiger partial charge in [-0.3, -0.25) is 14.9 Å². The summed E-state index contributed by atoms with van der Waals surface area (Å²) in [6, 6.07) is 4.55. The van der Waals surface area contributed by atoms with Crippen LogP contribution in [-0.2, 0) is 6.42 Å². The fraction of sp³-hybridized carbons (Fsp3) is 0.500. The van der Waals surface area contributed by atoms with Crippen LogP contribution >= 0.6 is 15.9 Å². The van der Waals surface area contributed by atoms with Crippen LogP contribution in [-0.4, -0.2) is 34.2 Å². The van der Waals surface area contributed by atoms with Crippen LogP contribution in [0.3, 0.4) is 0 Å². The van der Waals surface area contributed by atoms with E-state index in [1.54, 1.807) is 11.0 Å². The molecule has 0 saturated heterocycles. The number of benzene rings is 1. The van der Waals surface area contributed by atoms with E-state index in [1.807, 2.05) is 0 Å². The number of nitro benzene ring substituents is 1. The third kappa shape index (κ3) is 3.00. The van der Waals surface area contributed by atoms with Gasteiger partial charge in [0.1, 0.15) is 0 Å². The molecule has 0 atom stereocenters. The number of non-ortho nitro benzene ring substituents is 1. The summed E-state index contributed by atoms with van der Waals surface area (Å²) in [5, 5.41) is 11.6. The molecule has 1 aromatic carbocycles. The van der Waals surface area contributed by atoms with Gasteiger partial charge in [-0.1, -0.05) is 35.8 Å². The van der Waals surface area contributed by atoms with E-state index in [1.165, 1.54) is 12.1 Å². The summed E-state index contributed by atoms with van der Waals surface area (Å²) in [4.78, 5) is 24.6. The molecule has 1 aromatic rings. The Bertz CT molecular complexity index is 557. The zero-order chi connectivity index (χ0) is 14.9. The summed E-state index contributed by atoms with van der Waals surface area (Å²) in [5.41, 5.74) is 1.32. The fourth-order valence-electron chi connectivity index (χ4n) is 2.33. The zero-order valence-corrected chi connectivity index (χ0v) is 13.1. The van der Waals surface area contributed by atoms with E-state index in [4.69, 9.17) is 0 Å². The highest BCUT2D eigenvalue weighted by Crippen LogP contribution is 2.27. The van der Waals surface area contributed by atoms with E-state index < -0.39 is 4.92 Å². The third-order valence-corrected chi connectivity index (χ3v) is 4.97. The largest absolute Gasteiger partial charge is 0.338 e. The second kappa shape index (κ2) is 5.52. The minimum atomic E-state index is -0.463.